The first-order valence-electron chi connectivity index (χ1n) is 7.37. The third-order valence-electron chi connectivity index (χ3n) is 3.32. The zero-order valence-electron chi connectivity index (χ0n) is 12.6. The second-order valence-electron chi connectivity index (χ2n) is 6.16. The van der Waals surface area contributed by atoms with Crippen LogP contribution in [-0.4, -0.2) is 28.6 Å². The Morgan fingerprint density at radius 2 is 1.95 bits per heavy atom. The first kappa shape index (κ1) is 14.3. The van der Waals surface area contributed by atoms with Gasteiger partial charge in [0.15, 0.2) is 0 Å². The molecule has 0 aromatic carbocycles. The van der Waals surface area contributed by atoms with Gasteiger partial charge in [-0.2, -0.15) is 0 Å². The predicted molar refractivity (Wildman–Crippen MR) is 79.2 cm³/mol. The minimum Gasteiger partial charge on any atom is -0.353 e. The summed E-state index contributed by atoms with van der Waals surface area (Å²) in [6.07, 6.45) is 6.43. The normalized spacial score (nSPS) is 15.3. The molecule has 1 heterocycles. The lowest BCUT2D eigenvalue weighted by Crippen LogP contribution is -2.35. The van der Waals surface area contributed by atoms with Crippen LogP contribution in [0.5, 0.6) is 0 Å². The highest BCUT2D eigenvalue weighted by Gasteiger charge is 2.20. The van der Waals surface area contributed by atoms with Crippen molar-refractivity contribution >= 4 is 5.82 Å². The van der Waals surface area contributed by atoms with Crippen molar-refractivity contribution in [3.63, 3.8) is 0 Å². The predicted octanol–water partition coefficient (Wildman–Crippen LogP) is 2.60. The van der Waals surface area contributed by atoms with Crippen LogP contribution >= 0.6 is 0 Å². The number of rotatable bonds is 7. The molecule has 1 aliphatic carbocycles. The van der Waals surface area contributed by atoms with E-state index in [-0.39, 0.29) is 0 Å². The summed E-state index contributed by atoms with van der Waals surface area (Å²) in [4.78, 5) is 11.4. The molecular formula is C15H26N4. The fourth-order valence-electron chi connectivity index (χ4n) is 2.09. The van der Waals surface area contributed by atoms with Gasteiger partial charge in [-0.3, -0.25) is 4.98 Å². The summed E-state index contributed by atoms with van der Waals surface area (Å²) in [6.45, 7) is 10.7. The maximum absolute atomic E-state index is 4.58. The molecule has 1 N–H and O–H groups in total. The third kappa shape index (κ3) is 4.46. The first-order valence-corrected chi connectivity index (χ1v) is 7.37. The Bertz CT molecular complexity index is 382. The SMILES string of the molecule is CC(C)CN(c1cnc(CNC2CC2)cn1)C(C)C. The van der Waals surface area contributed by atoms with Gasteiger partial charge in [0.2, 0.25) is 0 Å². The second-order valence-corrected chi connectivity index (χ2v) is 6.16. The molecule has 4 nitrogen and oxygen atoms in total. The minimum absolute atomic E-state index is 0.451. The molecule has 0 bridgehead atoms. The lowest BCUT2D eigenvalue weighted by Gasteiger charge is -2.29. The van der Waals surface area contributed by atoms with Gasteiger partial charge in [-0.25, -0.2) is 4.98 Å². The zero-order valence-corrected chi connectivity index (χ0v) is 12.6. The number of hydrogen-bond donors (Lipinski definition) is 1. The molecule has 0 atom stereocenters. The average Bonchev–Trinajstić information content (AvgIpc) is 3.18. The van der Waals surface area contributed by atoms with Gasteiger partial charge in [0.25, 0.3) is 0 Å². The molecule has 2 rings (SSSR count). The number of aromatic nitrogens is 2. The van der Waals surface area contributed by atoms with Gasteiger partial charge in [-0.1, -0.05) is 13.8 Å². The standard InChI is InChI=1S/C15H26N4/c1-11(2)10-19(12(3)4)15-9-17-14(8-18-15)7-16-13-5-6-13/h8-9,11-13,16H,5-7,10H2,1-4H3. The van der Waals surface area contributed by atoms with Crippen LogP contribution in [-0.2, 0) is 6.54 Å². The van der Waals surface area contributed by atoms with E-state index in [0.29, 0.717) is 12.0 Å². The van der Waals surface area contributed by atoms with Crippen LogP contribution in [0.25, 0.3) is 0 Å². The molecule has 1 saturated carbocycles. The fraction of sp³-hybridized carbons (Fsp3) is 0.733. The highest BCUT2D eigenvalue weighted by molar-refractivity contribution is 5.37. The van der Waals surface area contributed by atoms with Crippen LogP contribution in [0.2, 0.25) is 0 Å². The smallest absolute Gasteiger partial charge is 0.147 e. The molecule has 0 spiro atoms. The number of nitrogens with zero attached hydrogens (tertiary/aromatic N) is 3. The van der Waals surface area contributed by atoms with Gasteiger partial charge in [0.1, 0.15) is 5.82 Å². The molecule has 0 radical (unpaired) electrons. The molecule has 4 heteroatoms. The van der Waals surface area contributed by atoms with E-state index in [4.69, 9.17) is 0 Å². The largest absolute Gasteiger partial charge is 0.353 e. The molecule has 1 aliphatic rings. The average molecular weight is 262 g/mol. The fourth-order valence-corrected chi connectivity index (χ4v) is 2.09. The van der Waals surface area contributed by atoms with Crippen LogP contribution < -0.4 is 10.2 Å². The summed E-state index contributed by atoms with van der Waals surface area (Å²) >= 11 is 0. The number of hydrogen-bond acceptors (Lipinski definition) is 4. The van der Waals surface area contributed by atoms with Crippen molar-refractivity contribution in [3.05, 3.63) is 18.1 Å². The van der Waals surface area contributed by atoms with Gasteiger partial charge in [0, 0.05) is 25.2 Å². The van der Waals surface area contributed by atoms with E-state index >= 15 is 0 Å². The Hall–Kier alpha value is -1.16. The van der Waals surface area contributed by atoms with Gasteiger partial charge >= 0.3 is 0 Å². The van der Waals surface area contributed by atoms with E-state index in [1.54, 1.807) is 0 Å². The van der Waals surface area contributed by atoms with Crippen molar-refractivity contribution in [1.29, 1.82) is 0 Å². The highest BCUT2D eigenvalue weighted by atomic mass is 15.2. The maximum Gasteiger partial charge on any atom is 0.147 e. The number of nitrogens with one attached hydrogen (secondary N) is 1. The lowest BCUT2D eigenvalue weighted by atomic mass is 10.2. The van der Waals surface area contributed by atoms with Crippen LogP contribution in [0.4, 0.5) is 5.82 Å². The molecule has 106 valence electrons. The van der Waals surface area contributed by atoms with E-state index in [0.717, 1.165) is 30.6 Å². The van der Waals surface area contributed by atoms with Crippen molar-refractivity contribution < 1.29 is 0 Å². The van der Waals surface area contributed by atoms with E-state index in [9.17, 15) is 0 Å². The monoisotopic (exact) mass is 262 g/mol. The summed E-state index contributed by atoms with van der Waals surface area (Å²) in [5, 5.41) is 3.46. The summed E-state index contributed by atoms with van der Waals surface area (Å²) in [6, 6.07) is 1.17. The Morgan fingerprint density at radius 1 is 1.21 bits per heavy atom. The van der Waals surface area contributed by atoms with Crippen molar-refractivity contribution in [3.8, 4) is 0 Å². The van der Waals surface area contributed by atoms with Crippen LogP contribution in [0.15, 0.2) is 12.4 Å². The van der Waals surface area contributed by atoms with Gasteiger partial charge in [-0.15, -0.1) is 0 Å². The Kier molecular flexibility index (Phi) is 4.75. The topological polar surface area (TPSA) is 41.1 Å². The number of anilines is 1. The van der Waals surface area contributed by atoms with E-state index in [1.807, 2.05) is 12.4 Å². The molecule has 1 aromatic heterocycles. The van der Waals surface area contributed by atoms with Crippen LogP contribution in [0, 0.1) is 5.92 Å². The molecular weight excluding hydrogens is 236 g/mol. The molecule has 0 saturated heterocycles. The van der Waals surface area contributed by atoms with Gasteiger partial charge in [-0.05, 0) is 32.6 Å². The maximum atomic E-state index is 4.58. The molecule has 1 aromatic rings. The zero-order chi connectivity index (χ0) is 13.8. The summed E-state index contributed by atoms with van der Waals surface area (Å²) in [5.41, 5.74) is 1.03. The molecule has 1 fully saturated rings. The molecule has 0 amide bonds. The molecule has 19 heavy (non-hydrogen) atoms. The van der Waals surface area contributed by atoms with Crippen molar-refractivity contribution in [2.45, 2.75) is 59.2 Å². The first-order chi connectivity index (χ1) is 9.06. The minimum atomic E-state index is 0.451. The van der Waals surface area contributed by atoms with E-state index in [2.05, 4.69) is 47.9 Å². The van der Waals surface area contributed by atoms with Crippen molar-refractivity contribution in [2.24, 2.45) is 5.92 Å². The summed E-state index contributed by atoms with van der Waals surface area (Å²) in [7, 11) is 0. The second kappa shape index (κ2) is 6.33. The summed E-state index contributed by atoms with van der Waals surface area (Å²) in [5.74, 6) is 1.61. The van der Waals surface area contributed by atoms with Crippen LogP contribution in [0.1, 0.15) is 46.2 Å². The quantitative estimate of drug-likeness (QED) is 0.820. The third-order valence-corrected chi connectivity index (χ3v) is 3.32. The molecule has 0 aliphatic heterocycles. The Morgan fingerprint density at radius 3 is 2.42 bits per heavy atom. The lowest BCUT2D eigenvalue weighted by molar-refractivity contribution is 0.564. The van der Waals surface area contributed by atoms with E-state index < -0.39 is 0 Å². The van der Waals surface area contributed by atoms with Crippen molar-refractivity contribution in [2.75, 3.05) is 11.4 Å². The highest BCUT2D eigenvalue weighted by Crippen LogP contribution is 2.19. The van der Waals surface area contributed by atoms with Gasteiger partial charge < -0.3 is 10.2 Å². The Balaban J connectivity index is 1.97. The van der Waals surface area contributed by atoms with E-state index in [1.165, 1.54) is 12.8 Å². The molecule has 0 unspecified atom stereocenters. The van der Waals surface area contributed by atoms with Crippen molar-refractivity contribution in [1.82, 2.24) is 15.3 Å². The van der Waals surface area contributed by atoms with Crippen LogP contribution in [0.3, 0.4) is 0 Å². The van der Waals surface area contributed by atoms with Gasteiger partial charge in [0.05, 0.1) is 18.1 Å². The Labute approximate surface area is 116 Å². The summed E-state index contributed by atoms with van der Waals surface area (Å²) < 4.78 is 0.